The average Bonchev–Trinajstić information content (AvgIpc) is 2.91. The first-order chi connectivity index (χ1) is 10.6. The molecule has 0 saturated heterocycles. The number of aryl methyl sites for hydroxylation is 1. The van der Waals surface area contributed by atoms with Gasteiger partial charge in [-0.2, -0.15) is 5.10 Å². The second-order valence-corrected chi connectivity index (χ2v) is 5.77. The van der Waals surface area contributed by atoms with E-state index >= 15 is 0 Å². The number of hydrogen-bond donors (Lipinski definition) is 1. The summed E-state index contributed by atoms with van der Waals surface area (Å²) in [5.41, 5.74) is 2.19. The van der Waals surface area contributed by atoms with Gasteiger partial charge in [0.1, 0.15) is 0 Å². The molecule has 1 aromatic carbocycles. The predicted molar refractivity (Wildman–Crippen MR) is 87.1 cm³/mol. The minimum Gasteiger partial charge on any atom is -0.493 e. The van der Waals surface area contributed by atoms with Gasteiger partial charge in [0, 0.05) is 26.3 Å². The molecule has 120 valence electrons. The molecule has 0 aliphatic heterocycles. The van der Waals surface area contributed by atoms with Crippen molar-refractivity contribution in [3.63, 3.8) is 0 Å². The monoisotopic (exact) mass is 303 g/mol. The summed E-state index contributed by atoms with van der Waals surface area (Å²) in [5, 5.41) is 7.72. The Morgan fingerprint density at radius 2 is 2.00 bits per heavy atom. The lowest BCUT2D eigenvalue weighted by Gasteiger charge is -2.13. The fraction of sp³-hybridized carbons (Fsp3) is 0.471. The molecule has 22 heavy (non-hydrogen) atoms. The van der Waals surface area contributed by atoms with Crippen LogP contribution in [0.2, 0.25) is 0 Å². The number of nitrogens with one attached hydrogen (secondary N) is 1. The molecule has 0 aliphatic carbocycles. The van der Waals surface area contributed by atoms with Gasteiger partial charge in [0.2, 0.25) is 0 Å². The number of aromatic nitrogens is 2. The molecule has 0 aliphatic rings. The average molecular weight is 303 g/mol. The Morgan fingerprint density at radius 3 is 2.64 bits per heavy atom. The molecule has 0 bridgehead atoms. The maximum absolute atomic E-state index is 5.76. The van der Waals surface area contributed by atoms with E-state index in [1.165, 1.54) is 0 Å². The van der Waals surface area contributed by atoms with E-state index in [1.54, 1.807) is 11.8 Å². The van der Waals surface area contributed by atoms with Crippen molar-refractivity contribution in [3.05, 3.63) is 41.7 Å². The summed E-state index contributed by atoms with van der Waals surface area (Å²) in [5.74, 6) is 2.06. The summed E-state index contributed by atoms with van der Waals surface area (Å²) in [6.45, 7) is 6.45. The Kier molecular flexibility index (Phi) is 5.83. The second kappa shape index (κ2) is 7.84. The maximum atomic E-state index is 5.76. The van der Waals surface area contributed by atoms with E-state index in [-0.39, 0.29) is 0 Å². The zero-order valence-corrected chi connectivity index (χ0v) is 13.8. The molecule has 0 amide bonds. The lowest BCUT2D eigenvalue weighted by Crippen LogP contribution is -2.13. The van der Waals surface area contributed by atoms with Crippen LogP contribution in [0.15, 0.2) is 30.5 Å². The zero-order chi connectivity index (χ0) is 15.9. The third kappa shape index (κ3) is 4.77. The molecule has 1 aromatic heterocycles. The minimum absolute atomic E-state index is 0.490. The number of ether oxygens (including phenoxy) is 2. The van der Waals surface area contributed by atoms with Crippen molar-refractivity contribution < 1.29 is 9.47 Å². The molecular weight excluding hydrogens is 278 g/mol. The van der Waals surface area contributed by atoms with Crippen LogP contribution in [0.1, 0.15) is 25.1 Å². The third-order valence-electron chi connectivity index (χ3n) is 3.20. The molecule has 0 fully saturated rings. The molecule has 5 heteroatoms. The van der Waals surface area contributed by atoms with E-state index in [9.17, 15) is 0 Å². The van der Waals surface area contributed by atoms with Crippen molar-refractivity contribution in [1.29, 1.82) is 0 Å². The zero-order valence-electron chi connectivity index (χ0n) is 13.8. The van der Waals surface area contributed by atoms with Gasteiger partial charge < -0.3 is 14.8 Å². The Balaban J connectivity index is 1.91. The lowest BCUT2D eigenvalue weighted by atomic mass is 10.2. The number of benzene rings is 1. The van der Waals surface area contributed by atoms with Gasteiger partial charge in [-0.1, -0.05) is 19.9 Å². The van der Waals surface area contributed by atoms with Gasteiger partial charge in [-0.25, -0.2) is 0 Å². The Morgan fingerprint density at radius 1 is 1.18 bits per heavy atom. The van der Waals surface area contributed by atoms with E-state index in [0.717, 1.165) is 35.8 Å². The van der Waals surface area contributed by atoms with Crippen molar-refractivity contribution in [1.82, 2.24) is 15.1 Å². The summed E-state index contributed by atoms with van der Waals surface area (Å²) in [6, 6.07) is 8.06. The van der Waals surface area contributed by atoms with E-state index < -0.39 is 0 Å². The molecule has 2 aromatic rings. The molecule has 0 unspecified atom stereocenters. The van der Waals surface area contributed by atoms with E-state index in [2.05, 4.69) is 30.3 Å². The smallest absolute Gasteiger partial charge is 0.161 e. The minimum atomic E-state index is 0.490. The standard InChI is InChI=1S/C17H25N3O2/c1-13(2)12-22-16-6-5-14(9-17(16)21-4)10-18-11-15-7-8-20(3)19-15/h5-9,13,18H,10-12H2,1-4H3. The molecule has 0 saturated carbocycles. The first-order valence-corrected chi connectivity index (χ1v) is 7.57. The van der Waals surface area contributed by atoms with E-state index in [1.807, 2.05) is 31.4 Å². The van der Waals surface area contributed by atoms with Gasteiger partial charge in [-0.15, -0.1) is 0 Å². The van der Waals surface area contributed by atoms with Crippen molar-refractivity contribution in [2.24, 2.45) is 13.0 Å². The maximum Gasteiger partial charge on any atom is 0.161 e. The normalized spacial score (nSPS) is 11.0. The van der Waals surface area contributed by atoms with Crippen LogP contribution < -0.4 is 14.8 Å². The van der Waals surface area contributed by atoms with Crippen LogP contribution in [-0.2, 0) is 20.1 Å². The van der Waals surface area contributed by atoms with Crippen LogP contribution in [-0.4, -0.2) is 23.5 Å². The largest absolute Gasteiger partial charge is 0.493 e. The lowest BCUT2D eigenvalue weighted by molar-refractivity contribution is 0.256. The van der Waals surface area contributed by atoms with Crippen molar-refractivity contribution in [2.45, 2.75) is 26.9 Å². The Bertz CT molecular complexity index is 593. The van der Waals surface area contributed by atoms with Crippen LogP contribution >= 0.6 is 0 Å². The Hall–Kier alpha value is -2.01. The molecule has 0 radical (unpaired) electrons. The van der Waals surface area contributed by atoms with Gasteiger partial charge in [-0.3, -0.25) is 4.68 Å². The van der Waals surface area contributed by atoms with Gasteiger partial charge in [0.15, 0.2) is 11.5 Å². The number of rotatable bonds is 8. The first kappa shape index (κ1) is 16.4. The predicted octanol–water partition coefficient (Wildman–Crippen LogP) is 2.75. The third-order valence-corrected chi connectivity index (χ3v) is 3.20. The molecule has 0 atom stereocenters. The fourth-order valence-corrected chi connectivity index (χ4v) is 2.09. The first-order valence-electron chi connectivity index (χ1n) is 7.57. The van der Waals surface area contributed by atoms with Gasteiger partial charge in [-0.05, 0) is 29.7 Å². The summed E-state index contributed by atoms with van der Waals surface area (Å²) in [6.07, 6.45) is 1.95. The van der Waals surface area contributed by atoms with Gasteiger partial charge in [0.05, 0.1) is 19.4 Å². The van der Waals surface area contributed by atoms with Crippen LogP contribution in [0.25, 0.3) is 0 Å². The molecule has 1 heterocycles. The topological polar surface area (TPSA) is 48.3 Å². The van der Waals surface area contributed by atoms with Crippen molar-refractivity contribution in [2.75, 3.05) is 13.7 Å². The molecule has 2 rings (SSSR count). The van der Waals surface area contributed by atoms with E-state index in [0.29, 0.717) is 12.5 Å². The highest BCUT2D eigenvalue weighted by atomic mass is 16.5. The summed E-state index contributed by atoms with van der Waals surface area (Å²) in [7, 11) is 3.59. The SMILES string of the molecule is COc1cc(CNCc2ccn(C)n2)ccc1OCC(C)C. The van der Waals surface area contributed by atoms with Gasteiger partial charge in [0.25, 0.3) is 0 Å². The number of nitrogens with zero attached hydrogens (tertiary/aromatic N) is 2. The molecule has 0 spiro atoms. The van der Waals surface area contributed by atoms with Crippen molar-refractivity contribution >= 4 is 0 Å². The quantitative estimate of drug-likeness (QED) is 0.814. The molecular formula is C17H25N3O2. The summed E-state index contributed by atoms with van der Waals surface area (Å²) >= 11 is 0. The van der Waals surface area contributed by atoms with Crippen LogP contribution in [0, 0.1) is 5.92 Å². The van der Waals surface area contributed by atoms with Crippen LogP contribution in [0.4, 0.5) is 0 Å². The molecule has 1 N–H and O–H groups in total. The van der Waals surface area contributed by atoms with Crippen molar-refractivity contribution in [3.8, 4) is 11.5 Å². The summed E-state index contributed by atoms with van der Waals surface area (Å²) in [4.78, 5) is 0. The van der Waals surface area contributed by atoms with E-state index in [4.69, 9.17) is 9.47 Å². The Labute approximate surface area is 132 Å². The number of methoxy groups -OCH3 is 1. The second-order valence-electron chi connectivity index (χ2n) is 5.77. The van der Waals surface area contributed by atoms with Crippen LogP contribution in [0.3, 0.4) is 0 Å². The highest BCUT2D eigenvalue weighted by molar-refractivity contribution is 5.43. The number of hydrogen-bond acceptors (Lipinski definition) is 4. The fourth-order valence-electron chi connectivity index (χ4n) is 2.09. The summed E-state index contributed by atoms with van der Waals surface area (Å²) < 4.78 is 13.0. The molecule has 5 nitrogen and oxygen atoms in total. The highest BCUT2D eigenvalue weighted by Crippen LogP contribution is 2.28. The van der Waals surface area contributed by atoms with Crippen LogP contribution in [0.5, 0.6) is 11.5 Å². The highest BCUT2D eigenvalue weighted by Gasteiger charge is 2.07. The van der Waals surface area contributed by atoms with Gasteiger partial charge >= 0.3 is 0 Å².